The SMILES string of the molecule is CCc1oc(C(=O)N2CCC[C@](CC)(CO)C2)cc1CN1CCCC1. The van der Waals surface area contributed by atoms with Gasteiger partial charge in [-0.2, -0.15) is 0 Å². The van der Waals surface area contributed by atoms with Crippen LogP contribution < -0.4 is 0 Å². The Morgan fingerprint density at radius 1 is 1.24 bits per heavy atom. The molecule has 1 atom stereocenters. The number of nitrogens with zero attached hydrogens (tertiary/aromatic N) is 2. The van der Waals surface area contributed by atoms with Crippen molar-refractivity contribution in [3.05, 3.63) is 23.2 Å². The number of aliphatic hydroxyl groups excluding tert-OH is 1. The predicted octanol–water partition coefficient (Wildman–Crippen LogP) is 3.06. The maximum atomic E-state index is 13.0. The molecule has 1 amide bonds. The monoisotopic (exact) mass is 348 g/mol. The van der Waals surface area contributed by atoms with Crippen LogP contribution in [-0.4, -0.2) is 53.6 Å². The van der Waals surface area contributed by atoms with E-state index in [0.29, 0.717) is 12.3 Å². The molecule has 0 spiro atoms. The second kappa shape index (κ2) is 7.92. The number of amides is 1. The number of hydrogen-bond acceptors (Lipinski definition) is 4. The van der Waals surface area contributed by atoms with E-state index in [2.05, 4.69) is 18.7 Å². The molecule has 140 valence electrons. The first-order valence-electron chi connectivity index (χ1n) is 9.85. The van der Waals surface area contributed by atoms with Crippen LogP contribution in [0.25, 0.3) is 0 Å². The molecule has 5 nitrogen and oxygen atoms in total. The van der Waals surface area contributed by atoms with Crippen LogP contribution in [0, 0.1) is 5.41 Å². The average Bonchev–Trinajstić information content (AvgIpc) is 3.31. The Morgan fingerprint density at radius 2 is 2.00 bits per heavy atom. The number of carbonyl (C=O) groups is 1. The zero-order valence-electron chi connectivity index (χ0n) is 15.7. The summed E-state index contributed by atoms with van der Waals surface area (Å²) in [6, 6.07) is 1.96. The summed E-state index contributed by atoms with van der Waals surface area (Å²) in [5, 5.41) is 9.79. The van der Waals surface area contributed by atoms with E-state index in [1.165, 1.54) is 12.8 Å². The minimum atomic E-state index is -0.146. The quantitative estimate of drug-likeness (QED) is 0.858. The molecule has 0 aliphatic carbocycles. The first kappa shape index (κ1) is 18.5. The molecular weight excluding hydrogens is 316 g/mol. The van der Waals surface area contributed by atoms with Crippen molar-refractivity contribution in [2.75, 3.05) is 32.8 Å². The van der Waals surface area contributed by atoms with Gasteiger partial charge in [0.1, 0.15) is 5.76 Å². The lowest BCUT2D eigenvalue weighted by Crippen LogP contribution is -2.47. The van der Waals surface area contributed by atoms with Gasteiger partial charge in [-0.1, -0.05) is 13.8 Å². The molecule has 2 aliphatic rings. The summed E-state index contributed by atoms with van der Waals surface area (Å²) in [6.45, 7) is 8.86. The molecule has 3 heterocycles. The molecule has 1 aromatic heterocycles. The van der Waals surface area contributed by atoms with E-state index in [0.717, 1.165) is 63.2 Å². The molecule has 5 heteroatoms. The van der Waals surface area contributed by atoms with Crippen molar-refractivity contribution in [3.63, 3.8) is 0 Å². The zero-order chi connectivity index (χ0) is 17.9. The fraction of sp³-hybridized carbons (Fsp3) is 0.750. The third-order valence-electron chi connectivity index (χ3n) is 6.06. The molecule has 0 unspecified atom stereocenters. The molecular formula is C20H32N2O3. The van der Waals surface area contributed by atoms with Crippen molar-refractivity contribution < 1.29 is 14.3 Å². The Kier molecular flexibility index (Phi) is 5.85. The average molecular weight is 348 g/mol. The number of aryl methyl sites for hydroxylation is 1. The third kappa shape index (κ3) is 3.93. The molecule has 0 bridgehead atoms. The Morgan fingerprint density at radius 3 is 2.64 bits per heavy atom. The molecule has 3 rings (SSSR count). The zero-order valence-corrected chi connectivity index (χ0v) is 15.7. The van der Waals surface area contributed by atoms with Gasteiger partial charge in [-0.3, -0.25) is 9.69 Å². The lowest BCUT2D eigenvalue weighted by molar-refractivity contribution is 0.0232. The molecule has 2 aliphatic heterocycles. The minimum Gasteiger partial charge on any atom is -0.456 e. The van der Waals surface area contributed by atoms with E-state index in [4.69, 9.17) is 4.42 Å². The standard InChI is InChI=1S/C20H32N2O3/c1-3-17-16(13-21-9-5-6-10-21)12-18(25-17)19(24)22-11-7-8-20(4-2,14-22)15-23/h12,23H,3-11,13-15H2,1-2H3/t20-/m0/s1. The highest BCUT2D eigenvalue weighted by atomic mass is 16.4. The van der Waals surface area contributed by atoms with E-state index >= 15 is 0 Å². The first-order chi connectivity index (χ1) is 12.1. The summed E-state index contributed by atoms with van der Waals surface area (Å²) in [4.78, 5) is 17.3. The molecule has 0 aromatic carbocycles. The van der Waals surface area contributed by atoms with Gasteiger partial charge in [0.15, 0.2) is 5.76 Å². The fourth-order valence-corrected chi connectivity index (χ4v) is 4.25. The summed E-state index contributed by atoms with van der Waals surface area (Å²) >= 11 is 0. The van der Waals surface area contributed by atoms with Gasteiger partial charge in [0.05, 0.1) is 6.61 Å². The van der Waals surface area contributed by atoms with Gasteiger partial charge in [-0.15, -0.1) is 0 Å². The summed E-state index contributed by atoms with van der Waals surface area (Å²) < 4.78 is 5.94. The smallest absolute Gasteiger partial charge is 0.289 e. The van der Waals surface area contributed by atoms with Gasteiger partial charge in [0, 0.05) is 37.0 Å². The van der Waals surface area contributed by atoms with Gasteiger partial charge in [-0.05, 0) is 51.3 Å². The van der Waals surface area contributed by atoms with Crippen molar-refractivity contribution in [2.24, 2.45) is 5.41 Å². The van der Waals surface area contributed by atoms with E-state index in [-0.39, 0.29) is 17.9 Å². The lowest BCUT2D eigenvalue weighted by Gasteiger charge is -2.41. The Hall–Kier alpha value is -1.33. The number of piperidine rings is 1. The highest BCUT2D eigenvalue weighted by Gasteiger charge is 2.36. The van der Waals surface area contributed by atoms with Gasteiger partial charge >= 0.3 is 0 Å². The second-order valence-corrected chi connectivity index (χ2v) is 7.74. The Balaban J connectivity index is 1.74. The van der Waals surface area contributed by atoms with Crippen LogP contribution in [0.5, 0.6) is 0 Å². The molecule has 1 N–H and O–H groups in total. The number of rotatable bonds is 6. The topological polar surface area (TPSA) is 56.9 Å². The summed E-state index contributed by atoms with van der Waals surface area (Å²) in [7, 11) is 0. The molecule has 2 saturated heterocycles. The van der Waals surface area contributed by atoms with Crippen LogP contribution in [0.1, 0.15) is 67.8 Å². The number of furan rings is 1. The predicted molar refractivity (Wildman–Crippen MR) is 97.5 cm³/mol. The summed E-state index contributed by atoms with van der Waals surface area (Å²) in [5.74, 6) is 1.39. The molecule has 2 fully saturated rings. The van der Waals surface area contributed by atoms with Crippen molar-refractivity contribution in [1.29, 1.82) is 0 Å². The number of aliphatic hydroxyl groups is 1. The van der Waals surface area contributed by atoms with E-state index < -0.39 is 0 Å². The maximum Gasteiger partial charge on any atom is 0.289 e. The highest BCUT2D eigenvalue weighted by Crippen LogP contribution is 2.33. The van der Waals surface area contributed by atoms with Crippen molar-refractivity contribution in [2.45, 2.75) is 58.9 Å². The Bertz CT molecular complexity index is 586. The minimum absolute atomic E-state index is 0.0200. The van der Waals surface area contributed by atoms with E-state index in [1.54, 1.807) is 0 Å². The van der Waals surface area contributed by atoms with Crippen molar-refractivity contribution in [3.8, 4) is 0 Å². The number of carbonyl (C=O) groups excluding carboxylic acids is 1. The van der Waals surface area contributed by atoms with Crippen LogP contribution in [0.3, 0.4) is 0 Å². The number of likely N-dealkylation sites (tertiary alicyclic amines) is 2. The van der Waals surface area contributed by atoms with Crippen molar-refractivity contribution >= 4 is 5.91 Å². The largest absolute Gasteiger partial charge is 0.456 e. The van der Waals surface area contributed by atoms with Gasteiger partial charge in [0.2, 0.25) is 0 Å². The molecule has 0 saturated carbocycles. The van der Waals surface area contributed by atoms with Gasteiger partial charge in [-0.25, -0.2) is 0 Å². The lowest BCUT2D eigenvalue weighted by atomic mass is 9.78. The van der Waals surface area contributed by atoms with E-state index in [1.807, 2.05) is 11.0 Å². The molecule has 25 heavy (non-hydrogen) atoms. The van der Waals surface area contributed by atoms with Crippen LogP contribution >= 0.6 is 0 Å². The normalized spacial score (nSPS) is 24.8. The van der Waals surface area contributed by atoms with Crippen LogP contribution in [0.2, 0.25) is 0 Å². The summed E-state index contributed by atoms with van der Waals surface area (Å²) in [6.07, 6.45) is 6.17. The summed E-state index contributed by atoms with van der Waals surface area (Å²) in [5.41, 5.74) is 1.01. The van der Waals surface area contributed by atoms with Gasteiger partial charge in [0.25, 0.3) is 5.91 Å². The van der Waals surface area contributed by atoms with Crippen LogP contribution in [0.15, 0.2) is 10.5 Å². The first-order valence-corrected chi connectivity index (χ1v) is 9.85. The van der Waals surface area contributed by atoms with Crippen LogP contribution in [0.4, 0.5) is 0 Å². The molecule has 0 radical (unpaired) electrons. The van der Waals surface area contributed by atoms with E-state index in [9.17, 15) is 9.90 Å². The molecule has 1 aromatic rings. The third-order valence-corrected chi connectivity index (χ3v) is 6.06. The Labute approximate surface area is 151 Å². The number of hydrogen-bond donors (Lipinski definition) is 1. The maximum absolute atomic E-state index is 13.0. The second-order valence-electron chi connectivity index (χ2n) is 7.74. The fourth-order valence-electron chi connectivity index (χ4n) is 4.25. The van der Waals surface area contributed by atoms with Gasteiger partial charge < -0.3 is 14.4 Å². The highest BCUT2D eigenvalue weighted by molar-refractivity contribution is 5.92. The van der Waals surface area contributed by atoms with Crippen molar-refractivity contribution in [1.82, 2.24) is 9.80 Å². The van der Waals surface area contributed by atoms with Crippen LogP contribution in [-0.2, 0) is 13.0 Å².